The van der Waals surface area contributed by atoms with Gasteiger partial charge in [-0.3, -0.25) is 0 Å². The molecule has 1 spiro atoms. The van der Waals surface area contributed by atoms with Crippen molar-refractivity contribution in [3.05, 3.63) is 277 Å². The second kappa shape index (κ2) is 14.5. The van der Waals surface area contributed by atoms with Crippen LogP contribution in [-0.2, 0) is 5.41 Å². The fourth-order valence-corrected chi connectivity index (χ4v) is 13.7. The largest absolute Gasteiger partial charge is 0.0738 e. The Balaban J connectivity index is 0.993. The zero-order valence-electron chi connectivity index (χ0n) is 38.7. The average molecular weight is 895 g/mol. The lowest BCUT2D eigenvalue weighted by molar-refractivity contribution is 0.810. The van der Waals surface area contributed by atoms with Crippen molar-refractivity contribution < 1.29 is 0 Å². The van der Waals surface area contributed by atoms with Crippen molar-refractivity contribution in [3.63, 3.8) is 0 Å². The van der Waals surface area contributed by atoms with Gasteiger partial charge in [0.25, 0.3) is 0 Å². The van der Waals surface area contributed by atoms with Gasteiger partial charge in [0.2, 0.25) is 0 Å². The molecule has 71 heavy (non-hydrogen) atoms. The number of hydrogen-bond donors (Lipinski definition) is 0. The second-order valence-electron chi connectivity index (χ2n) is 19.7. The highest BCUT2D eigenvalue weighted by atomic mass is 14.5. The van der Waals surface area contributed by atoms with Crippen molar-refractivity contribution in [2.75, 3.05) is 0 Å². The highest BCUT2D eigenvalue weighted by Gasteiger charge is 2.54. The number of hydrogen-bond acceptors (Lipinski definition) is 0. The normalized spacial score (nSPS) is 13.2. The van der Waals surface area contributed by atoms with Gasteiger partial charge < -0.3 is 0 Å². The molecule has 0 amide bonds. The maximum absolute atomic E-state index is 2.53. The van der Waals surface area contributed by atoms with Gasteiger partial charge in [-0.2, -0.15) is 0 Å². The van der Waals surface area contributed by atoms with E-state index in [9.17, 15) is 0 Å². The van der Waals surface area contributed by atoms with Crippen molar-refractivity contribution in [1.29, 1.82) is 0 Å². The zero-order chi connectivity index (χ0) is 46.4. The molecule has 0 nitrogen and oxygen atoms in total. The Morgan fingerprint density at radius 2 is 0.549 bits per heavy atom. The molecule has 0 heteroatoms. The third-order valence-electron chi connectivity index (χ3n) is 16.4. The van der Waals surface area contributed by atoms with E-state index in [4.69, 9.17) is 0 Å². The predicted molar refractivity (Wildman–Crippen MR) is 302 cm³/mol. The first-order valence-electron chi connectivity index (χ1n) is 24.9. The first-order chi connectivity index (χ1) is 35.3. The molecule has 0 unspecified atom stereocenters. The summed E-state index contributed by atoms with van der Waals surface area (Å²) < 4.78 is 0. The van der Waals surface area contributed by atoms with Gasteiger partial charge in [0, 0.05) is 0 Å². The quantitative estimate of drug-likeness (QED) is 0.122. The van der Waals surface area contributed by atoms with Crippen LogP contribution in [-0.4, -0.2) is 0 Å². The average Bonchev–Trinajstić information content (AvgIpc) is 3.93. The lowest BCUT2D eigenvalue weighted by Gasteiger charge is -2.33. The molecular weight excluding hydrogens is 853 g/mol. The summed E-state index contributed by atoms with van der Waals surface area (Å²) in [6.45, 7) is 0. The van der Waals surface area contributed by atoms with E-state index in [0.717, 1.165) is 0 Å². The van der Waals surface area contributed by atoms with Crippen LogP contribution in [0.3, 0.4) is 0 Å². The van der Waals surface area contributed by atoms with Gasteiger partial charge in [-0.05, 0) is 159 Å². The molecule has 14 aromatic rings. The molecule has 2 aliphatic rings. The predicted octanol–water partition coefficient (Wildman–Crippen LogP) is 19.1. The molecule has 0 fully saturated rings. The summed E-state index contributed by atoms with van der Waals surface area (Å²) in [6, 6.07) is 96.2. The highest BCUT2D eigenvalue weighted by molar-refractivity contribution is 6.29. The van der Waals surface area contributed by atoms with E-state index < -0.39 is 5.41 Å². The van der Waals surface area contributed by atoms with Crippen molar-refractivity contribution >= 4 is 75.4 Å². The molecule has 0 saturated carbocycles. The molecule has 326 valence electrons. The molecule has 0 aliphatic heterocycles. The molecule has 16 rings (SSSR count). The van der Waals surface area contributed by atoms with Gasteiger partial charge in [0.1, 0.15) is 0 Å². The van der Waals surface area contributed by atoms with Gasteiger partial charge in [-0.1, -0.05) is 249 Å². The Hall–Kier alpha value is -9.10. The number of fused-ring (bicyclic) bond motifs is 23. The lowest BCUT2D eigenvalue weighted by Crippen LogP contribution is -2.26. The van der Waals surface area contributed by atoms with E-state index >= 15 is 0 Å². The molecule has 0 heterocycles. The second-order valence-corrected chi connectivity index (χ2v) is 19.7. The fraction of sp³-hybridized carbons (Fsp3) is 0.0141. The van der Waals surface area contributed by atoms with Crippen LogP contribution in [0.5, 0.6) is 0 Å². The minimum absolute atomic E-state index is 0.560. The smallest absolute Gasteiger partial charge is 0.0619 e. The molecule has 0 bridgehead atoms. The summed E-state index contributed by atoms with van der Waals surface area (Å²) in [5.41, 5.74) is 17.8. The first kappa shape index (κ1) is 38.8. The fourth-order valence-electron chi connectivity index (χ4n) is 13.7. The van der Waals surface area contributed by atoms with Crippen LogP contribution >= 0.6 is 0 Å². The van der Waals surface area contributed by atoms with Crippen LogP contribution in [0, 0.1) is 0 Å². The minimum Gasteiger partial charge on any atom is -0.0619 e. The van der Waals surface area contributed by atoms with Crippen molar-refractivity contribution in [1.82, 2.24) is 0 Å². The van der Waals surface area contributed by atoms with Gasteiger partial charge >= 0.3 is 0 Å². The zero-order valence-corrected chi connectivity index (χ0v) is 38.7. The minimum atomic E-state index is -0.560. The van der Waals surface area contributed by atoms with Crippen LogP contribution in [0.25, 0.3) is 131 Å². The van der Waals surface area contributed by atoms with E-state index in [1.165, 1.54) is 153 Å². The van der Waals surface area contributed by atoms with Crippen LogP contribution < -0.4 is 0 Å². The molecule has 0 N–H and O–H groups in total. The van der Waals surface area contributed by atoms with E-state index in [1.54, 1.807) is 0 Å². The Morgan fingerprint density at radius 3 is 1.11 bits per heavy atom. The third kappa shape index (κ3) is 5.08. The van der Waals surface area contributed by atoms with Crippen LogP contribution in [0.4, 0.5) is 0 Å². The Bertz CT molecular complexity index is 4520. The standard InChI is InChI=1S/C71H42/c1-2-20-47-43(18-1)19-17-33-48(47)44-36-38-45(39-37-44)65-56-28-8-10-30-58(56)66(59-31-11-9-29-57(59)65)46-40-41-61-62(42-46)51-23-4-7-27-55(51)68-67-54-26-6-3-21-49(54)50-22-5-12-32-60(50)69(67)71(70(61)68)63-34-15-13-24-52(63)53-25-14-16-35-64(53)71/h1-42H. The topological polar surface area (TPSA) is 0 Å². The molecule has 0 saturated heterocycles. The summed E-state index contributed by atoms with van der Waals surface area (Å²) in [6.07, 6.45) is 0. The van der Waals surface area contributed by atoms with E-state index in [-0.39, 0.29) is 0 Å². The summed E-state index contributed by atoms with van der Waals surface area (Å²) in [5.74, 6) is 0. The monoisotopic (exact) mass is 894 g/mol. The van der Waals surface area contributed by atoms with Crippen molar-refractivity contribution in [2.24, 2.45) is 0 Å². The molecular formula is C71H42. The maximum atomic E-state index is 2.53. The molecule has 0 radical (unpaired) electrons. The lowest BCUT2D eigenvalue weighted by atomic mass is 9.67. The Kier molecular flexibility index (Phi) is 7.91. The summed E-state index contributed by atoms with van der Waals surface area (Å²) in [5, 5.41) is 17.9. The summed E-state index contributed by atoms with van der Waals surface area (Å²) in [7, 11) is 0. The third-order valence-corrected chi connectivity index (χ3v) is 16.4. The van der Waals surface area contributed by atoms with Crippen molar-refractivity contribution in [3.8, 4) is 55.6 Å². The molecule has 2 aliphatic carbocycles. The van der Waals surface area contributed by atoms with Crippen LogP contribution in [0.1, 0.15) is 22.3 Å². The summed E-state index contributed by atoms with van der Waals surface area (Å²) >= 11 is 0. The SMILES string of the molecule is c1ccc2c(c1)-c1ccccc1C21c2c(c3ccccc3c3ccccc23)-c2c1c1ccc(-c3c4ccccc4c(-c4ccc(-c5cccc6ccccc56)cc4)c4ccccc34)cc1c1ccccc21. The number of benzene rings is 14. The molecule has 14 aromatic carbocycles. The first-order valence-corrected chi connectivity index (χ1v) is 24.9. The van der Waals surface area contributed by atoms with Gasteiger partial charge in [-0.25, -0.2) is 0 Å². The van der Waals surface area contributed by atoms with Crippen LogP contribution in [0.15, 0.2) is 255 Å². The van der Waals surface area contributed by atoms with E-state index in [0.29, 0.717) is 0 Å². The van der Waals surface area contributed by atoms with Gasteiger partial charge in [-0.15, -0.1) is 0 Å². The summed E-state index contributed by atoms with van der Waals surface area (Å²) in [4.78, 5) is 0. The molecule has 0 atom stereocenters. The van der Waals surface area contributed by atoms with E-state index in [2.05, 4.69) is 255 Å². The Morgan fingerprint density at radius 1 is 0.197 bits per heavy atom. The maximum Gasteiger partial charge on any atom is 0.0738 e. The van der Waals surface area contributed by atoms with Gasteiger partial charge in [0.05, 0.1) is 5.41 Å². The van der Waals surface area contributed by atoms with Crippen molar-refractivity contribution in [2.45, 2.75) is 5.41 Å². The van der Waals surface area contributed by atoms with Crippen LogP contribution in [0.2, 0.25) is 0 Å². The number of rotatable bonds is 3. The Labute approximate surface area is 411 Å². The highest BCUT2D eigenvalue weighted by Crippen LogP contribution is 2.68. The molecule has 0 aromatic heterocycles. The van der Waals surface area contributed by atoms with E-state index in [1.807, 2.05) is 0 Å². The van der Waals surface area contributed by atoms with Gasteiger partial charge in [0.15, 0.2) is 0 Å².